The van der Waals surface area contributed by atoms with Crippen LogP contribution in [0.3, 0.4) is 0 Å². The summed E-state index contributed by atoms with van der Waals surface area (Å²) in [6, 6.07) is 12.2. The topological polar surface area (TPSA) is 61.4 Å². The van der Waals surface area contributed by atoms with E-state index in [1.54, 1.807) is 15.9 Å². The van der Waals surface area contributed by atoms with Crippen LogP contribution in [0, 0.1) is 17.2 Å². The highest BCUT2D eigenvalue weighted by Gasteiger charge is 2.25. The van der Waals surface area contributed by atoms with E-state index in [2.05, 4.69) is 17.2 Å². The quantitative estimate of drug-likeness (QED) is 0.720. The predicted molar refractivity (Wildman–Crippen MR) is 92.7 cm³/mol. The molecule has 24 heavy (non-hydrogen) atoms. The maximum absolute atomic E-state index is 12.9. The number of hydrogen-bond donors (Lipinski definition) is 0. The number of likely N-dealkylation sites (tertiary alicyclic amines) is 1. The van der Waals surface area contributed by atoms with Crippen LogP contribution < -0.4 is 0 Å². The molecule has 5 nitrogen and oxygen atoms in total. The van der Waals surface area contributed by atoms with Gasteiger partial charge in [-0.1, -0.05) is 6.07 Å². The maximum atomic E-state index is 12.9. The fourth-order valence-electron chi connectivity index (χ4n) is 3.14. The van der Waals surface area contributed by atoms with Crippen molar-refractivity contribution in [3.8, 4) is 16.5 Å². The minimum Gasteiger partial charge on any atom is -0.337 e. The largest absolute Gasteiger partial charge is 0.337 e. The number of aromatic nitrogens is 2. The van der Waals surface area contributed by atoms with E-state index in [1.807, 2.05) is 40.7 Å². The zero-order valence-corrected chi connectivity index (χ0v) is 13.9. The van der Waals surface area contributed by atoms with E-state index >= 15 is 0 Å². The van der Waals surface area contributed by atoms with Gasteiger partial charge in [-0.15, -0.1) is 11.3 Å². The molecule has 0 aliphatic carbocycles. The van der Waals surface area contributed by atoms with Crippen molar-refractivity contribution in [1.29, 1.82) is 5.26 Å². The van der Waals surface area contributed by atoms with Gasteiger partial charge < -0.3 is 4.90 Å². The van der Waals surface area contributed by atoms with E-state index in [-0.39, 0.29) is 11.8 Å². The molecular weight excluding hydrogens is 320 g/mol. The number of rotatable bonds is 2. The first-order chi connectivity index (χ1) is 11.8. The highest BCUT2D eigenvalue weighted by atomic mass is 32.1. The SMILES string of the molecule is N#CC1CCN(C(=O)c2cc(-c3cccs3)c3cccn3n2)CC1. The molecule has 0 radical (unpaired) electrons. The first-order valence-corrected chi connectivity index (χ1v) is 8.85. The average Bonchev–Trinajstić information content (AvgIpc) is 3.31. The lowest BCUT2D eigenvalue weighted by molar-refractivity contribution is 0.0700. The molecule has 120 valence electrons. The Morgan fingerprint density at radius 3 is 2.83 bits per heavy atom. The summed E-state index contributed by atoms with van der Waals surface area (Å²) in [6.07, 6.45) is 3.35. The molecule has 1 amide bonds. The van der Waals surface area contributed by atoms with Crippen molar-refractivity contribution in [2.45, 2.75) is 12.8 Å². The van der Waals surface area contributed by atoms with Crippen molar-refractivity contribution in [2.24, 2.45) is 5.92 Å². The molecule has 4 heterocycles. The maximum Gasteiger partial charge on any atom is 0.274 e. The predicted octanol–water partition coefficient (Wildman–Crippen LogP) is 3.44. The summed E-state index contributed by atoms with van der Waals surface area (Å²) < 4.78 is 1.77. The molecule has 4 rings (SSSR count). The molecule has 0 atom stereocenters. The van der Waals surface area contributed by atoms with Crippen LogP contribution in [0.2, 0.25) is 0 Å². The van der Waals surface area contributed by atoms with Crippen molar-refractivity contribution >= 4 is 22.8 Å². The Balaban J connectivity index is 1.70. The third-order valence-corrected chi connectivity index (χ3v) is 5.37. The van der Waals surface area contributed by atoms with Gasteiger partial charge in [0.2, 0.25) is 0 Å². The number of fused-ring (bicyclic) bond motifs is 1. The molecule has 0 saturated carbocycles. The lowest BCUT2D eigenvalue weighted by atomic mass is 9.98. The van der Waals surface area contributed by atoms with E-state index < -0.39 is 0 Å². The molecule has 6 heteroatoms. The number of amides is 1. The van der Waals surface area contributed by atoms with Crippen LogP contribution >= 0.6 is 11.3 Å². The average molecular weight is 336 g/mol. The molecule has 1 aliphatic rings. The molecule has 0 bridgehead atoms. The molecule has 0 N–H and O–H groups in total. The summed E-state index contributed by atoms with van der Waals surface area (Å²) in [5, 5.41) is 15.5. The Hall–Kier alpha value is -2.65. The van der Waals surface area contributed by atoms with Gasteiger partial charge in [0, 0.05) is 35.6 Å². The second-order valence-corrected chi connectivity index (χ2v) is 6.90. The van der Waals surface area contributed by atoms with Gasteiger partial charge in [-0.25, -0.2) is 4.52 Å². The molecule has 0 spiro atoms. The lowest BCUT2D eigenvalue weighted by Gasteiger charge is -2.28. The van der Waals surface area contributed by atoms with Crippen LogP contribution in [0.25, 0.3) is 16.0 Å². The van der Waals surface area contributed by atoms with E-state index in [0.29, 0.717) is 18.8 Å². The zero-order chi connectivity index (χ0) is 16.5. The number of carbonyl (C=O) groups is 1. The lowest BCUT2D eigenvalue weighted by Crippen LogP contribution is -2.38. The Kier molecular flexibility index (Phi) is 3.79. The molecule has 1 saturated heterocycles. The second kappa shape index (κ2) is 6.10. The third kappa shape index (κ3) is 2.57. The summed E-state index contributed by atoms with van der Waals surface area (Å²) in [5.74, 6) is 0.00964. The minimum atomic E-state index is -0.0557. The molecule has 0 unspecified atom stereocenters. The number of thiophene rings is 1. The standard InChI is InChI=1S/C18H16N4OS/c19-12-13-5-8-21(9-6-13)18(23)15-11-14(17-4-2-10-24-17)16-3-1-7-22(16)20-15/h1-4,7,10-11,13H,5-6,8-9H2. The van der Waals surface area contributed by atoms with Crippen molar-refractivity contribution < 1.29 is 4.79 Å². The first-order valence-electron chi connectivity index (χ1n) is 7.97. The van der Waals surface area contributed by atoms with Gasteiger partial charge in [0.05, 0.1) is 11.6 Å². The summed E-state index contributed by atoms with van der Waals surface area (Å²) in [5.41, 5.74) is 2.48. The Bertz CT molecular complexity index is 914. The van der Waals surface area contributed by atoms with Gasteiger partial charge in [0.15, 0.2) is 0 Å². The summed E-state index contributed by atoms with van der Waals surface area (Å²) in [6.45, 7) is 1.24. The summed E-state index contributed by atoms with van der Waals surface area (Å²) >= 11 is 1.65. The van der Waals surface area contributed by atoms with Gasteiger partial charge >= 0.3 is 0 Å². The minimum absolute atomic E-state index is 0.0557. The molecular formula is C18H16N4OS. The Morgan fingerprint density at radius 1 is 1.29 bits per heavy atom. The number of carbonyl (C=O) groups excluding carboxylic acids is 1. The van der Waals surface area contributed by atoms with Crippen LogP contribution in [-0.4, -0.2) is 33.5 Å². The first kappa shape index (κ1) is 14.9. The van der Waals surface area contributed by atoms with E-state index in [0.717, 1.165) is 28.8 Å². The van der Waals surface area contributed by atoms with Crippen LogP contribution in [0.5, 0.6) is 0 Å². The van der Waals surface area contributed by atoms with Gasteiger partial charge in [-0.3, -0.25) is 4.79 Å². The van der Waals surface area contributed by atoms with Crippen molar-refractivity contribution in [1.82, 2.24) is 14.5 Å². The fourth-order valence-corrected chi connectivity index (χ4v) is 3.89. The van der Waals surface area contributed by atoms with Crippen LogP contribution in [-0.2, 0) is 0 Å². The monoisotopic (exact) mass is 336 g/mol. The Labute approximate surface area is 143 Å². The van der Waals surface area contributed by atoms with E-state index in [9.17, 15) is 4.79 Å². The highest BCUT2D eigenvalue weighted by Crippen LogP contribution is 2.30. The van der Waals surface area contributed by atoms with Crippen molar-refractivity contribution in [2.75, 3.05) is 13.1 Å². The van der Waals surface area contributed by atoms with Crippen LogP contribution in [0.1, 0.15) is 23.3 Å². The van der Waals surface area contributed by atoms with Gasteiger partial charge in [0.25, 0.3) is 5.91 Å². The van der Waals surface area contributed by atoms with E-state index in [1.165, 1.54) is 0 Å². The molecule has 1 aliphatic heterocycles. The van der Waals surface area contributed by atoms with E-state index in [4.69, 9.17) is 5.26 Å². The number of nitrogens with zero attached hydrogens (tertiary/aromatic N) is 4. The second-order valence-electron chi connectivity index (χ2n) is 5.95. The molecule has 3 aromatic rings. The normalized spacial score (nSPS) is 15.5. The van der Waals surface area contributed by atoms with Crippen molar-refractivity contribution in [3.63, 3.8) is 0 Å². The number of hydrogen-bond acceptors (Lipinski definition) is 4. The van der Waals surface area contributed by atoms with Gasteiger partial charge in [0.1, 0.15) is 5.69 Å². The summed E-state index contributed by atoms with van der Waals surface area (Å²) in [4.78, 5) is 15.8. The molecule has 3 aromatic heterocycles. The van der Waals surface area contributed by atoms with Gasteiger partial charge in [-0.2, -0.15) is 10.4 Å². The van der Waals surface area contributed by atoms with Crippen LogP contribution in [0.4, 0.5) is 0 Å². The van der Waals surface area contributed by atoms with Crippen molar-refractivity contribution in [3.05, 3.63) is 47.6 Å². The summed E-state index contributed by atoms with van der Waals surface area (Å²) in [7, 11) is 0. The third-order valence-electron chi connectivity index (χ3n) is 4.47. The molecule has 1 fully saturated rings. The number of nitriles is 1. The zero-order valence-electron chi connectivity index (χ0n) is 13.1. The highest BCUT2D eigenvalue weighted by molar-refractivity contribution is 7.13. The fraction of sp³-hybridized carbons (Fsp3) is 0.278. The number of piperidine rings is 1. The van der Waals surface area contributed by atoms with Gasteiger partial charge in [-0.05, 0) is 42.5 Å². The smallest absolute Gasteiger partial charge is 0.274 e. The Morgan fingerprint density at radius 2 is 2.12 bits per heavy atom. The molecule has 0 aromatic carbocycles. The van der Waals surface area contributed by atoms with Crippen LogP contribution in [0.15, 0.2) is 41.9 Å².